The van der Waals surface area contributed by atoms with Crippen molar-refractivity contribution in [1.29, 1.82) is 0 Å². The normalized spacial score (nSPS) is 10.3. The predicted molar refractivity (Wildman–Crippen MR) is 72.4 cm³/mol. The molecule has 0 amide bonds. The maximum atomic E-state index is 11.8. The topological polar surface area (TPSA) is 115 Å². The van der Waals surface area contributed by atoms with E-state index in [2.05, 4.69) is 4.98 Å². The van der Waals surface area contributed by atoms with E-state index in [1.807, 2.05) is 0 Å². The Morgan fingerprint density at radius 2 is 2.19 bits per heavy atom. The Labute approximate surface area is 118 Å². The molecule has 2 rings (SSSR count). The van der Waals surface area contributed by atoms with Gasteiger partial charge in [0.25, 0.3) is 11.2 Å². The number of aryl methyl sites for hydroxylation is 1. The maximum Gasteiger partial charge on any atom is 0.354 e. The van der Waals surface area contributed by atoms with Gasteiger partial charge in [0.1, 0.15) is 5.69 Å². The zero-order valence-electron chi connectivity index (χ0n) is 11.0. The highest BCUT2D eigenvalue weighted by molar-refractivity contribution is 5.85. The fourth-order valence-electron chi connectivity index (χ4n) is 1.83. The highest BCUT2D eigenvalue weighted by Gasteiger charge is 2.14. The summed E-state index contributed by atoms with van der Waals surface area (Å²) in [6.07, 6.45) is 1.13. The molecule has 2 heterocycles. The molecule has 2 aromatic rings. The van der Waals surface area contributed by atoms with E-state index in [4.69, 9.17) is 5.11 Å². The van der Waals surface area contributed by atoms with Gasteiger partial charge in [-0.3, -0.25) is 14.9 Å². The molecule has 0 bridgehead atoms. The molecule has 2 aromatic heterocycles. The van der Waals surface area contributed by atoms with Crippen LogP contribution in [0.3, 0.4) is 0 Å². The van der Waals surface area contributed by atoms with Crippen LogP contribution < -0.4 is 5.56 Å². The SMILES string of the molecule is Cc1cc(=O)n(Cc2cccc(C(=O)O)n2)cc1[N+](=O)[O-]. The van der Waals surface area contributed by atoms with Crippen LogP contribution in [-0.4, -0.2) is 25.6 Å². The molecule has 1 N–H and O–H groups in total. The highest BCUT2D eigenvalue weighted by atomic mass is 16.6. The maximum absolute atomic E-state index is 11.8. The van der Waals surface area contributed by atoms with Crippen molar-refractivity contribution in [2.24, 2.45) is 0 Å². The van der Waals surface area contributed by atoms with E-state index in [0.29, 0.717) is 5.69 Å². The van der Waals surface area contributed by atoms with Crippen molar-refractivity contribution >= 4 is 11.7 Å². The molecule has 0 aromatic carbocycles. The number of hydrogen-bond acceptors (Lipinski definition) is 5. The highest BCUT2D eigenvalue weighted by Crippen LogP contribution is 2.14. The third kappa shape index (κ3) is 3.11. The fourth-order valence-corrected chi connectivity index (χ4v) is 1.83. The summed E-state index contributed by atoms with van der Waals surface area (Å²) < 4.78 is 1.12. The van der Waals surface area contributed by atoms with Crippen molar-refractivity contribution in [1.82, 2.24) is 9.55 Å². The van der Waals surface area contributed by atoms with Gasteiger partial charge in [0.05, 0.1) is 23.4 Å². The minimum atomic E-state index is -1.18. The van der Waals surface area contributed by atoms with Crippen molar-refractivity contribution < 1.29 is 14.8 Å². The van der Waals surface area contributed by atoms with E-state index < -0.39 is 16.5 Å². The van der Waals surface area contributed by atoms with E-state index in [0.717, 1.165) is 10.8 Å². The summed E-state index contributed by atoms with van der Waals surface area (Å²) >= 11 is 0. The van der Waals surface area contributed by atoms with Gasteiger partial charge in [-0.1, -0.05) is 6.07 Å². The van der Waals surface area contributed by atoms with Crippen molar-refractivity contribution in [2.45, 2.75) is 13.5 Å². The summed E-state index contributed by atoms with van der Waals surface area (Å²) in [6, 6.07) is 5.54. The molecule has 21 heavy (non-hydrogen) atoms. The molecule has 0 saturated carbocycles. The predicted octanol–water partition coefficient (Wildman–Crippen LogP) is 1.21. The molecule has 0 fully saturated rings. The van der Waals surface area contributed by atoms with Crippen molar-refractivity contribution in [3.8, 4) is 0 Å². The van der Waals surface area contributed by atoms with Gasteiger partial charge in [0.2, 0.25) is 0 Å². The van der Waals surface area contributed by atoms with Crippen LogP contribution in [0.1, 0.15) is 21.7 Å². The zero-order valence-corrected chi connectivity index (χ0v) is 11.0. The number of rotatable bonds is 4. The summed E-state index contributed by atoms with van der Waals surface area (Å²) in [7, 11) is 0. The lowest BCUT2D eigenvalue weighted by Crippen LogP contribution is -2.21. The summed E-state index contributed by atoms with van der Waals surface area (Å²) in [5.74, 6) is -1.18. The van der Waals surface area contributed by atoms with Crippen LogP contribution in [-0.2, 0) is 6.54 Å². The smallest absolute Gasteiger partial charge is 0.354 e. The average molecular weight is 289 g/mol. The average Bonchev–Trinajstić information content (AvgIpc) is 2.41. The van der Waals surface area contributed by atoms with Gasteiger partial charge in [-0.05, 0) is 19.1 Å². The zero-order chi connectivity index (χ0) is 15.6. The van der Waals surface area contributed by atoms with Crippen LogP contribution in [0.4, 0.5) is 5.69 Å². The van der Waals surface area contributed by atoms with Gasteiger partial charge < -0.3 is 9.67 Å². The van der Waals surface area contributed by atoms with Gasteiger partial charge >= 0.3 is 5.97 Å². The number of carbonyl (C=O) groups is 1. The van der Waals surface area contributed by atoms with Crippen LogP contribution in [0, 0.1) is 17.0 Å². The summed E-state index contributed by atoms with van der Waals surface area (Å²) in [5.41, 5.74) is -0.143. The van der Waals surface area contributed by atoms with Gasteiger partial charge in [-0.25, -0.2) is 9.78 Å². The minimum absolute atomic E-state index is 0.0406. The molecule has 8 heteroatoms. The lowest BCUT2D eigenvalue weighted by Gasteiger charge is -2.06. The van der Waals surface area contributed by atoms with Crippen molar-refractivity contribution in [3.63, 3.8) is 0 Å². The van der Waals surface area contributed by atoms with E-state index in [1.165, 1.54) is 25.1 Å². The molecule has 0 atom stereocenters. The Hall–Kier alpha value is -3.03. The Kier molecular flexibility index (Phi) is 3.79. The molecule has 0 spiro atoms. The second-order valence-corrected chi connectivity index (χ2v) is 4.38. The quantitative estimate of drug-likeness (QED) is 0.668. The number of pyridine rings is 2. The molecule has 0 aliphatic heterocycles. The molecular weight excluding hydrogens is 278 g/mol. The van der Waals surface area contributed by atoms with Gasteiger partial charge in [0.15, 0.2) is 0 Å². The second kappa shape index (κ2) is 5.53. The molecular formula is C13H11N3O5. The Balaban J connectivity index is 2.42. The molecule has 0 saturated heterocycles. The molecule has 108 valence electrons. The number of aromatic carboxylic acids is 1. The first kappa shape index (κ1) is 14.4. The van der Waals surface area contributed by atoms with Gasteiger partial charge in [-0.15, -0.1) is 0 Å². The molecule has 0 aliphatic carbocycles. The number of carboxylic acid groups (broad SMARTS) is 1. The Morgan fingerprint density at radius 3 is 2.81 bits per heavy atom. The largest absolute Gasteiger partial charge is 0.477 e. The van der Waals surface area contributed by atoms with Crippen LogP contribution in [0.5, 0.6) is 0 Å². The number of carboxylic acids is 1. The van der Waals surface area contributed by atoms with E-state index in [-0.39, 0.29) is 23.5 Å². The molecule has 0 aliphatic rings. The first-order valence-electron chi connectivity index (χ1n) is 5.93. The van der Waals surface area contributed by atoms with E-state index >= 15 is 0 Å². The fraction of sp³-hybridized carbons (Fsp3) is 0.154. The number of nitro groups is 1. The van der Waals surface area contributed by atoms with Crippen molar-refractivity contribution in [3.05, 3.63) is 67.9 Å². The van der Waals surface area contributed by atoms with Crippen LogP contribution in [0.2, 0.25) is 0 Å². The number of aromatic nitrogens is 2. The van der Waals surface area contributed by atoms with Crippen LogP contribution in [0.25, 0.3) is 0 Å². The monoisotopic (exact) mass is 289 g/mol. The summed E-state index contributed by atoms with van der Waals surface area (Å²) in [6.45, 7) is 1.44. The Morgan fingerprint density at radius 1 is 1.48 bits per heavy atom. The van der Waals surface area contributed by atoms with Crippen molar-refractivity contribution in [2.75, 3.05) is 0 Å². The first-order valence-corrected chi connectivity index (χ1v) is 5.93. The van der Waals surface area contributed by atoms with Gasteiger partial charge in [-0.2, -0.15) is 0 Å². The lowest BCUT2D eigenvalue weighted by molar-refractivity contribution is -0.385. The van der Waals surface area contributed by atoms with Gasteiger partial charge in [0, 0.05) is 11.6 Å². The molecule has 0 radical (unpaired) electrons. The number of hydrogen-bond donors (Lipinski definition) is 1. The lowest BCUT2D eigenvalue weighted by atomic mass is 10.2. The number of nitrogens with zero attached hydrogens (tertiary/aromatic N) is 3. The third-order valence-corrected chi connectivity index (χ3v) is 2.86. The second-order valence-electron chi connectivity index (χ2n) is 4.38. The van der Waals surface area contributed by atoms with E-state index in [9.17, 15) is 19.7 Å². The summed E-state index contributed by atoms with van der Waals surface area (Å²) in [5, 5.41) is 19.7. The standard InChI is InChI=1S/C13H11N3O5/c1-8-5-12(17)15(7-11(8)16(20)21)6-9-3-2-4-10(14-9)13(18)19/h2-5,7H,6H2,1H3,(H,18,19). The van der Waals surface area contributed by atoms with Crippen LogP contribution in [0.15, 0.2) is 35.3 Å². The minimum Gasteiger partial charge on any atom is -0.477 e. The summed E-state index contributed by atoms with van der Waals surface area (Å²) in [4.78, 5) is 36.9. The molecule has 0 unspecified atom stereocenters. The first-order chi connectivity index (χ1) is 9.88. The van der Waals surface area contributed by atoms with E-state index in [1.54, 1.807) is 6.07 Å². The third-order valence-electron chi connectivity index (χ3n) is 2.86. The van der Waals surface area contributed by atoms with Crippen LogP contribution >= 0.6 is 0 Å². The molecule has 8 nitrogen and oxygen atoms in total. The Bertz CT molecular complexity index is 782.